The molecule has 42 heavy (non-hydrogen) atoms. The number of aryl methyl sites for hydroxylation is 3. The van der Waals surface area contributed by atoms with Crippen LogP contribution in [0.4, 0.5) is 4.39 Å². The predicted octanol–water partition coefficient (Wildman–Crippen LogP) is 2.41. The van der Waals surface area contributed by atoms with E-state index in [1.54, 1.807) is 38.7 Å². The quantitative estimate of drug-likeness (QED) is 0.289. The molecule has 3 aromatic heterocycles. The molecule has 0 radical (unpaired) electrons. The third kappa shape index (κ3) is 6.30. The highest BCUT2D eigenvalue weighted by Crippen LogP contribution is 2.32. The molecular formula is C28H35FN6O6S. The molecule has 1 N–H and O–H groups in total. The van der Waals surface area contributed by atoms with Crippen LogP contribution < -0.4 is 21.3 Å². The van der Waals surface area contributed by atoms with Gasteiger partial charge in [0.05, 0.1) is 43.6 Å². The van der Waals surface area contributed by atoms with E-state index in [0.29, 0.717) is 58.1 Å². The number of amides is 1. The van der Waals surface area contributed by atoms with Gasteiger partial charge >= 0.3 is 5.69 Å². The summed E-state index contributed by atoms with van der Waals surface area (Å²) < 4.78 is 31.5. The first-order chi connectivity index (χ1) is 20.1. The molecule has 12 nitrogen and oxygen atoms in total. The number of ether oxygens (including phenoxy) is 3. The highest BCUT2D eigenvalue weighted by molar-refractivity contribution is 7.21. The van der Waals surface area contributed by atoms with Crippen molar-refractivity contribution in [3.63, 3.8) is 0 Å². The first kappa shape index (κ1) is 31.1. The highest BCUT2D eigenvalue weighted by Gasteiger charge is 2.36. The van der Waals surface area contributed by atoms with Crippen LogP contribution >= 0.6 is 11.3 Å². The number of methoxy groups -OCH3 is 3. The number of carbonyl (C=O) groups is 1. The van der Waals surface area contributed by atoms with Crippen molar-refractivity contribution in [1.29, 1.82) is 0 Å². The lowest BCUT2D eigenvalue weighted by molar-refractivity contribution is -0.123. The number of piperidine rings is 1. The van der Waals surface area contributed by atoms with Crippen LogP contribution in [-0.4, -0.2) is 71.1 Å². The van der Waals surface area contributed by atoms with Gasteiger partial charge in [0, 0.05) is 39.3 Å². The van der Waals surface area contributed by atoms with Crippen molar-refractivity contribution in [2.75, 3.05) is 41.1 Å². The number of aromatic nitrogens is 5. The van der Waals surface area contributed by atoms with Gasteiger partial charge in [0.1, 0.15) is 21.4 Å². The Bertz CT molecular complexity index is 1650. The summed E-state index contributed by atoms with van der Waals surface area (Å²) in [6, 6.07) is 4.25. The van der Waals surface area contributed by atoms with Gasteiger partial charge in [-0.2, -0.15) is 10.2 Å². The summed E-state index contributed by atoms with van der Waals surface area (Å²) in [6.45, 7) is 5.34. The number of nitrogens with one attached hydrogen (secondary N) is 1. The van der Waals surface area contributed by atoms with E-state index in [9.17, 15) is 18.8 Å². The molecule has 1 amide bonds. The molecule has 1 aliphatic heterocycles. The Balaban J connectivity index is 0.000000612. The molecule has 1 atom stereocenters. The number of benzene rings is 1. The van der Waals surface area contributed by atoms with Crippen molar-refractivity contribution in [1.82, 2.24) is 29.4 Å². The average Bonchev–Trinajstić information content (AvgIpc) is 3.62. The fourth-order valence-electron chi connectivity index (χ4n) is 4.90. The van der Waals surface area contributed by atoms with E-state index in [1.807, 2.05) is 0 Å². The number of fused-ring (bicyclic) bond motifs is 1. The van der Waals surface area contributed by atoms with Gasteiger partial charge in [-0.15, -0.1) is 4.80 Å². The molecule has 0 spiro atoms. The largest absolute Gasteiger partial charge is 0.496 e. The number of hydrogen-bond acceptors (Lipinski definition) is 9. The second-order valence-corrected chi connectivity index (χ2v) is 11.0. The Hall–Kier alpha value is -3.88. The molecule has 1 unspecified atom stereocenters. The Morgan fingerprint density at radius 1 is 1.10 bits per heavy atom. The van der Waals surface area contributed by atoms with Gasteiger partial charge in [0.25, 0.3) is 5.56 Å². The zero-order valence-corrected chi connectivity index (χ0v) is 25.1. The molecule has 4 heterocycles. The van der Waals surface area contributed by atoms with Gasteiger partial charge in [-0.3, -0.25) is 18.7 Å². The van der Waals surface area contributed by atoms with Gasteiger partial charge in [0.15, 0.2) is 0 Å². The van der Waals surface area contributed by atoms with E-state index >= 15 is 0 Å². The van der Waals surface area contributed by atoms with E-state index in [2.05, 4.69) is 25.0 Å². The minimum atomic E-state index is -0.896. The maximum Gasteiger partial charge on any atom is 0.332 e. The van der Waals surface area contributed by atoms with Crippen LogP contribution in [0.1, 0.15) is 30.9 Å². The van der Waals surface area contributed by atoms with Crippen LogP contribution in [0.5, 0.6) is 5.75 Å². The number of thiophene rings is 1. The summed E-state index contributed by atoms with van der Waals surface area (Å²) in [5.41, 5.74) is -0.533. The molecule has 1 fully saturated rings. The van der Waals surface area contributed by atoms with E-state index < -0.39 is 22.6 Å². The summed E-state index contributed by atoms with van der Waals surface area (Å²) in [5.74, 6) is -0.00336. The Kier molecular flexibility index (Phi) is 9.91. The van der Waals surface area contributed by atoms with Crippen molar-refractivity contribution < 1.29 is 23.4 Å². The van der Waals surface area contributed by atoms with Gasteiger partial charge < -0.3 is 19.5 Å². The van der Waals surface area contributed by atoms with Crippen molar-refractivity contribution in [3.8, 4) is 10.8 Å². The molecule has 1 aliphatic rings. The minimum absolute atomic E-state index is 0.112. The molecule has 0 saturated carbocycles. The molecule has 14 heteroatoms. The van der Waals surface area contributed by atoms with Crippen molar-refractivity contribution in [2.24, 2.45) is 0 Å². The molecule has 0 aliphatic carbocycles. The molecule has 1 aromatic carbocycles. The summed E-state index contributed by atoms with van der Waals surface area (Å²) in [4.78, 5) is 41.5. The third-order valence-corrected chi connectivity index (χ3v) is 8.50. The van der Waals surface area contributed by atoms with Crippen molar-refractivity contribution in [2.45, 2.75) is 45.2 Å². The fraction of sp³-hybridized carbons (Fsp3) is 0.464. The second-order valence-electron chi connectivity index (χ2n) is 10.1. The monoisotopic (exact) mass is 602 g/mol. The molecule has 1 saturated heterocycles. The number of rotatable bonds is 9. The van der Waals surface area contributed by atoms with E-state index in [0.717, 1.165) is 0 Å². The summed E-state index contributed by atoms with van der Waals surface area (Å²) in [7, 11) is 4.81. The predicted molar refractivity (Wildman–Crippen MR) is 156 cm³/mol. The topological polar surface area (TPSA) is 132 Å². The zero-order chi connectivity index (χ0) is 30.4. The SMILES string of the molecule is COCCOC.COc1ccc(F)cc1CCn1c(=O)n(C2(C)CCC(=O)NC2)c(=O)c2c(C)c(-n3nccn3)sc21. The lowest BCUT2D eigenvalue weighted by Crippen LogP contribution is -2.57. The van der Waals surface area contributed by atoms with Crippen LogP contribution in [0.2, 0.25) is 0 Å². The van der Waals surface area contributed by atoms with Crippen LogP contribution in [0.15, 0.2) is 40.2 Å². The number of halogens is 1. The first-order valence-corrected chi connectivity index (χ1v) is 14.2. The Morgan fingerprint density at radius 2 is 1.79 bits per heavy atom. The lowest BCUT2D eigenvalue weighted by Gasteiger charge is -2.35. The maximum atomic E-state index is 14.0. The van der Waals surface area contributed by atoms with Crippen LogP contribution in [-0.2, 0) is 32.8 Å². The van der Waals surface area contributed by atoms with E-state index in [4.69, 9.17) is 4.74 Å². The number of carbonyl (C=O) groups excluding carboxylic acids is 1. The Labute approximate surface area is 245 Å². The normalized spacial score (nSPS) is 16.7. The molecule has 4 aromatic rings. The van der Waals surface area contributed by atoms with Crippen LogP contribution in [0.25, 0.3) is 15.2 Å². The summed E-state index contributed by atoms with van der Waals surface area (Å²) in [6.07, 6.45) is 3.95. The second kappa shape index (κ2) is 13.4. The molecule has 226 valence electrons. The minimum Gasteiger partial charge on any atom is -0.496 e. The maximum absolute atomic E-state index is 14.0. The fourth-order valence-corrected chi connectivity index (χ4v) is 6.14. The Morgan fingerprint density at radius 3 is 2.38 bits per heavy atom. The van der Waals surface area contributed by atoms with Gasteiger partial charge in [0.2, 0.25) is 5.91 Å². The van der Waals surface area contributed by atoms with Gasteiger partial charge in [-0.1, -0.05) is 11.3 Å². The van der Waals surface area contributed by atoms with Crippen LogP contribution in [0.3, 0.4) is 0 Å². The number of nitrogens with zero attached hydrogens (tertiary/aromatic N) is 5. The third-order valence-electron chi connectivity index (χ3n) is 7.22. The summed E-state index contributed by atoms with van der Waals surface area (Å²) in [5, 5.41) is 12.2. The molecule has 0 bridgehead atoms. The number of hydrogen-bond donors (Lipinski definition) is 1. The lowest BCUT2D eigenvalue weighted by atomic mass is 9.91. The highest BCUT2D eigenvalue weighted by atomic mass is 32.1. The van der Waals surface area contributed by atoms with Crippen LogP contribution in [0, 0.1) is 12.7 Å². The molecule has 5 rings (SSSR count). The van der Waals surface area contributed by atoms with Gasteiger partial charge in [-0.05, 0) is 50.5 Å². The average molecular weight is 603 g/mol. The van der Waals surface area contributed by atoms with Crippen molar-refractivity contribution in [3.05, 3.63) is 68.4 Å². The smallest absolute Gasteiger partial charge is 0.332 e. The first-order valence-electron chi connectivity index (χ1n) is 13.4. The summed E-state index contributed by atoms with van der Waals surface area (Å²) >= 11 is 1.25. The van der Waals surface area contributed by atoms with Crippen molar-refractivity contribution >= 4 is 27.5 Å². The van der Waals surface area contributed by atoms with E-state index in [-0.39, 0.29) is 25.4 Å². The van der Waals surface area contributed by atoms with Gasteiger partial charge in [-0.25, -0.2) is 9.18 Å². The molecular weight excluding hydrogens is 567 g/mol. The van der Waals surface area contributed by atoms with E-state index in [1.165, 1.54) is 52.3 Å². The standard InChI is InChI=1S/C24H25FN6O4S.C4H10O2/c1-14-19-20(33)30(24(2)8-6-18(32)26-13-24)23(34)29(22(19)36-21(14)31-27-9-10-28-31)11-7-15-12-16(25)4-5-17(15)35-3;1-5-3-4-6-2/h4-5,9-10,12H,6-8,11,13H2,1-3H3,(H,26,32);3-4H2,1-2H3. The zero-order valence-electron chi connectivity index (χ0n) is 24.3.